The molecule has 1 aromatic rings. The zero-order valence-electron chi connectivity index (χ0n) is 13.4. The second-order valence-corrected chi connectivity index (χ2v) is 7.01. The highest BCUT2D eigenvalue weighted by molar-refractivity contribution is 5.80. The van der Waals surface area contributed by atoms with Crippen LogP contribution >= 0.6 is 0 Å². The fourth-order valence-corrected chi connectivity index (χ4v) is 3.83. The molecule has 2 aliphatic heterocycles. The van der Waals surface area contributed by atoms with Gasteiger partial charge in [-0.25, -0.2) is 4.68 Å². The number of carbonyl (C=O) groups is 1. The third kappa shape index (κ3) is 2.92. The average Bonchev–Trinajstić information content (AvgIpc) is 3.04. The summed E-state index contributed by atoms with van der Waals surface area (Å²) < 4.78 is 6.89. The number of fused-ring (bicyclic) bond motifs is 1. The molecule has 124 valence electrons. The summed E-state index contributed by atoms with van der Waals surface area (Å²) in [6, 6.07) is 1.76. The number of aromatic nitrogens is 2. The summed E-state index contributed by atoms with van der Waals surface area (Å²) in [5.74, 6) is 0.596. The van der Waals surface area contributed by atoms with E-state index in [0.717, 1.165) is 56.5 Å². The fourth-order valence-electron chi connectivity index (χ4n) is 3.83. The largest absolute Gasteiger partial charge is 0.381 e. The van der Waals surface area contributed by atoms with Gasteiger partial charge in [0.1, 0.15) is 0 Å². The van der Waals surface area contributed by atoms with Crippen molar-refractivity contribution in [3.05, 3.63) is 27.7 Å². The summed E-state index contributed by atoms with van der Waals surface area (Å²) in [6.07, 6.45) is 5.11. The molecule has 0 spiro atoms. The molecule has 23 heavy (non-hydrogen) atoms. The lowest BCUT2D eigenvalue weighted by molar-refractivity contribution is -0.142. The molecule has 3 heterocycles. The first kappa shape index (κ1) is 14.9. The third-order valence-electron chi connectivity index (χ3n) is 5.25. The van der Waals surface area contributed by atoms with Crippen LogP contribution in [0.25, 0.3) is 0 Å². The van der Waals surface area contributed by atoms with Crippen molar-refractivity contribution >= 4 is 5.91 Å². The van der Waals surface area contributed by atoms with Gasteiger partial charge in [0.05, 0.1) is 24.8 Å². The summed E-state index contributed by atoms with van der Waals surface area (Å²) in [5.41, 5.74) is 2.22. The lowest BCUT2D eigenvalue weighted by atomic mass is 9.96. The molecule has 2 fully saturated rings. The van der Waals surface area contributed by atoms with E-state index in [-0.39, 0.29) is 17.4 Å². The minimum Gasteiger partial charge on any atom is -0.381 e. The standard InChI is InChI=1S/C17H23N3O3/c21-16-7-13-3-1-2-4-15(13)18-20(16)10-12-8-19(9-12)17(22)14-5-6-23-11-14/h7,12,14H,1-6,8-11H2. The molecule has 2 saturated heterocycles. The molecule has 1 atom stereocenters. The molecule has 0 radical (unpaired) electrons. The second kappa shape index (κ2) is 6.07. The van der Waals surface area contributed by atoms with Gasteiger partial charge in [0, 0.05) is 31.7 Å². The van der Waals surface area contributed by atoms with Gasteiger partial charge in [-0.2, -0.15) is 5.10 Å². The van der Waals surface area contributed by atoms with Crippen molar-refractivity contribution in [1.29, 1.82) is 0 Å². The number of amides is 1. The number of likely N-dealkylation sites (tertiary alicyclic amines) is 1. The Bertz CT molecular complexity index is 658. The Morgan fingerprint density at radius 3 is 2.91 bits per heavy atom. The van der Waals surface area contributed by atoms with Crippen LogP contribution in [0.15, 0.2) is 10.9 Å². The molecule has 0 aromatic carbocycles. The molecule has 0 bridgehead atoms. The van der Waals surface area contributed by atoms with E-state index in [9.17, 15) is 9.59 Å². The lowest BCUT2D eigenvalue weighted by Gasteiger charge is -2.40. The zero-order valence-corrected chi connectivity index (χ0v) is 13.4. The van der Waals surface area contributed by atoms with Crippen LogP contribution in [0.4, 0.5) is 0 Å². The van der Waals surface area contributed by atoms with Crippen LogP contribution in [0.5, 0.6) is 0 Å². The molecule has 0 N–H and O–H groups in total. The van der Waals surface area contributed by atoms with E-state index in [0.29, 0.717) is 25.7 Å². The fraction of sp³-hybridized carbons (Fsp3) is 0.706. The highest BCUT2D eigenvalue weighted by Crippen LogP contribution is 2.23. The zero-order chi connectivity index (χ0) is 15.8. The molecule has 4 rings (SSSR count). The monoisotopic (exact) mass is 317 g/mol. The van der Waals surface area contributed by atoms with Crippen molar-refractivity contribution in [2.45, 2.75) is 38.6 Å². The van der Waals surface area contributed by atoms with Crippen LogP contribution < -0.4 is 5.56 Å². The minimum absolute atomic E-state index is 0.000352. The van der Waals surface area contributed by atoms with Gasteiger partial charge in [0.25, 0.3) is 5.56 Å². The summed E-state index contributed by atoms with van der Waals surface area (Å²) in [6.45, 7) is 3.35. The number of carbonyl (C=O) groups excluding carboxylic acids is 1. The van der Waals surface area contributed by atoms with Gasteiger partial charge in [-0.15, -0.1) is 0 Å². The van der Waals surface area contributed by atoms with Gasteiger partial charge < -0.3 is 9.64 Å². The number of hydrogen-bond acceptors (Lipinski definition) is 4. The van der Waals surface area contributed by atoms with Gasteiger partial charge in [-0.05, 0) is 37.7 Å². The summed E-state index contributed by atoms with van der Waals surface area (Å²) in [4.78, 5) is 26.3. The van der Waals surface area contributed by atoms with Crippen LogP contribution in [0.1, 0.15) is 30.5 Å². The van der Waals surface area contributed by atoms with E-state index in [4.69, 9.17) is 4.74 Å². The molecular weight excluding hydrogens is 294 g/mol. The Morgan fingerprint density at radius 2 is 2.13 bits per heavy atom. The van der Waals surface area contributed by atoms with Gasteiger partial charge >= 0.3 is 0 Å². The van der Waals surface area contributed by atoms with Crippen LogP contribution in [0, 0.1) is 11.8 Å². The highest BCUT2D eigenvalue weighted by atomic mass is 16.5. The molecule has 1 aliphatic carbocycles. The summed E-state index contributed by atoms with van der Waals surface area (Å²) >= 11 is 0. The predicted octanol–water partition coefficient (Wildman–Crippen LogP) is 0.617. The second-order valence-electron chi connectivity index (χ2n) is 7.01. The molecule has 1 unspecified atom stereocenters. The average molecular weight is 317 g/mol. The van der Waals surface area contributed by atoms with Crippen molar-refractivity contribution in [1.82, 2.24) is 14.7 Å². The van der Waals surface area contributed by atoms with E-state index in [2.05, 4.69) is 5.10 Å². The number of nitrogens with zero attached hydrogens (tertiary/aromatic N) is 3. The van der Waals surface area contributed by atoms with Gasteiger partial charge in [0.2, 0.25) is 5.91 Å². The number of aryl methyl sites for hydroxylation is 2. The maximum Gasteiger partial charge on any atom is 0.267 e. The smallest absolute Gasteiger partial charge is 0.267 e. The van der Waals surface area contributed by atoms with Gasteiger partial charge in [-0.3, -0.25) is 9.59 Å². The van der Waals surface area contributed by atoms with Crippen molar-refractivity contribution in [2.75, 3.05) is 26.3 Å². The molecule has 3 aliphatic rings. The third-order valence-corrected chi connectivity index (χ3v) is 5.25. The van der Waals surface area contributed by atoms with E-state index in [1.165, 1.54) is 0 Å². The molecule has 1 aromatic heterocycles. The van der Waals surface area contributed by atoms with Crippen molar-refractivity contribution < 1.29 is 9.53 Å². The molecule has 1 amide bonds. The Balaban J connectivity index is 1.37. The lowest BCUT2D eigenvalue weighted by Crippen LogP contribution is -2.54. The van der Waals surface area contributed by atoms with Crippen LogP contribution in [-0.2, 0) is 28.9 Å². The van der Waals surface area contributed by atoms with Crippen molar-refractivity contribution in [3.8, 4) is 0 Å². The molecule has 0 saturated carbocycles. The van der Waals surface area contributed by atoms with E-state index >= 15 is 0 Å². The molecule has 6 heteroatoms. The first-order valence-corrected chi connectivity index (χ1v) is 8.67. The Labute approximate surface area is 135 Å². The molecule has 6 nitrogen and oxygen atoms in total. The maximum atomic E-state index is 12.2. The minimum atomic E-state index is -0.000352. The maximum absolute atomic E-state index is 12.2. The normalized spacial score (nSPS) is 24.3. The van der Waals surface area contributed by atoms with Crippen molar-refractivity contribution in [2.24, 2.45) is 11.8 Å². The van der Waals surface area contributed by atoms with E-state index < -0.39 is 0 Å². The Morgan fingerprint density at radius 1 is 1.30 bits per heavy atom. The first-order valence-electron chi connectivity index (χ1n) is 8.67. The predicted molar refractivity (Wildman–Crippen MR) is 84.1 cm³/mol. The highest BCUT2D eigenvalue weighted by Gasteiger charge is 2.36. The van der Waals surface area contributed by atoms with Gasteiger partial charge in [-0.1, -0.05) is 0 Å². The van der Waals surface area contributed by atoms with E-state index in [1.807, 2.05) is 4.90 Å². The summed E-state index contributed by atoms with van der Waals surface area (Å²) in [5, 5.41) is 4.56. The Hall–Kier alpha value is -1.69. The number of hydrogen-bond donors (Lipinski definition) is 0. The first-order chi connectivity index (χ1) is 11.2. The van der Waals surface area contributed by atoms with Crippen LogP contribution in [-0.4, -0.2) is 46.9 Å². The number of ether oxygens (including phenoxy) is 1. The van der Waals surface area contributed by atoms with Crippen LogP contribution in [0.2, 0.25) is 0 Å². The molecular formula is C17H23N3O3. The number of rotatable bonds is 3. The SMILES string of the molecule is O=C(C1CCOC1)N1CC(Cn2nc3c(cc2=O)CCCC3)C1. The van der Waals surface area contributed by atoms with Crippen LogP contribution in [0.3, 0.4) is 0 Å². The topological polar surface area (TPSA) is 64.4 Å². The van der Waals surface area contributed by atoms with Crippen molar-refractivity contribution in [3.63, 3.8) is 0 Å². The quantitative estimate of drug-likeness (QED) is 0.820. The Kier molecular flexibility index (Phi) is 3.93. The summed E-state index contributed by atoms with van der Waals surface area (Å²) in [7, 11) is 0. The van der Waals surface area contributed by atoms with E-state index in [1.54, 1.807) is 10.7 Å². The van der Waals surface area contributed by atoms with Gasteiger partial charge in [0.15, 0.2) is 0 Å².